The lowest BCUT2D eigenvalue weighted by Crippen LogP contribution is -2.49. The zero-order chi connectivity index (χ0) is 19.6. The van der Waals surface area contributed by atoms with Gasteiger partial charge in [-0.05, 0) is 30.5 Å². The van der Waals surface area contributed by atoms with E-state index in [0.29, 0.717) is 18.3 Å². The van der Waals surface area contributed by atoms with Crippen molar-refractivity contribution in [1.82, 2.24) is 15.5 Å². The molecule has 1 fully saturated rings. The van der Waals surface area contributed by atoms with Crippen LogP contribution < -0.4 is 10.6 Å². The summed E-state index contributed by atoms with van der Waals surface area (Å²) in [7, 11) is 0.801. The number of benzene rings is 2. The molecular weight excluding hydrogens is 368 g/mol. The van der Waals surface area contributed by atoms with E-state index in [0.717, 1.165) is 43.3 Å². The number of piperidine rings is 1. The van der Waals surface area contributed by atoms with Crippen molar-refractivity contribution >= 4 is 16.8 Å². The summed E-state index contributed by atoms with van der Waals surface area (Å²) in [6.07, 6.45) is 2.20. The highest BCUT2D eigenvalue weighted by Crippen LogP contribution is 2.13. The second kappa shape index (κ2) is 11.0. The molecule has 1 aliphatic heterocycles. The molecule has 0 aromatic heterocycles. The molecule has 3 rings (SSSR count). The van der Waals surface area contributed by atoms with Crippen LogP contribution in [0.5, 0.6) is 0 Å². The van der Waals surface area contributed by atoms with E-state index in [1.54, 1.807) is 7.05 Å². The third kappa shape index (κ3) is 6.46. The van der Waals surface area contributed by atoms with E-state index in [1.165, 1.54) is 5.56 Å². The van der Waals surface area contributed by atoms with Gasteiger partial charge in [-0.15, -0.1) is 0 Å². The predicted molar refractivity (Wildman–Crippen MR) is 117 cm³/mol. The number of hydrogen-bond donors (Lipinski definition) is 2. The number of nitrogens with one attached hydrogen (secondary N) is 2. The number of guanidine groups is 1. The molecule has 2 N–H and O–H groups in total. The molecule has 6 heteroatoms. The first kappa shape index (κ1) is 20.6. The van der Waals surface area contributed by atoms with Crippen molar-refractivity contribution in [2.24, 2.45) is 4.99 Å². The van der Waals surface area contributed by atoms with E-state index >= 15 is 0 Å². The minimum atomic E-state index is -0.985. The molecule has 1 atom stereocenters. The van der Waals surface area contributed by atoms with Crippen LogP contribution in [0, 0.1) is 0 Å². The summed E-state index contributed by atoms with van der Waals surface area (Å²) < 4.78 is 12.3. The fourth-order valence-corrected chi connectivity index (χ4v) is 4.40. The topological polar surface area (TPSA) is 56.7 Å². The van der Waals surface area contributed by atoms with Crippen molar-refractivity contribution in [1.29, 1.82) is 0 Å². The third-order valence-corrected chi connectivity index (χ3v) is 6.36. The Hall–Kier alpha value is -2.18. The lowest BCUT2D eigenvalue weighted by atomic mass is 10.0. The molecule has 0 amide bonds. The molecule has 2 aromatic rings. The zero-order valence-electron chi connectivity index (χ0n) is 16.5. The molecule has 5 nitrogen and oxygen atoms in total. The average molecular weight is 399 g/mol. The Morgan fingerprint density at radius 3 is 2.36 bits per heavy atom. The highest BCUT2D eigenvalue weighted by molar-refractivity contribution is 7.85. The van der Waals surface area contributed by atoms with Crippen molar-refractivity contribution in [3.63, 3.8) is 0 Å². The van der Waals surface area contributed by atoms with Gasteiger partial charge in [0.15, 0.2) is 5.96 Å². The van der Waals surface area contributed by atoms with Gasteiger partial charge in [0.1, 0.15) is 0 Å². The highest BCUT2D eigenvalue weighted by atomic mass is 32.2. The van der Waals surface area contributed by atoms with Crippen LogP contribution in [0.1, 0.15) is 18.4 Å². The van der Waals surface area contributed by atoms with E-state index in [9.17, 15) is 4.21 Å². The van der Waals surface area contributed by atoms with Crippen molar-refractivity contribution in [3.05, 3.63) is 66.2 Å². The van der Waals surface area contributed by atoms with Gasteiger partial charge in [-0.25, -0.2) is 0 Å². The smallest absolute Gasteiger partial charge is 0.191 e. The molecule has 1 unspecified atom stereocenters. The SMILES string of the molecule is CN=C(NCCS(=O)c1ccccc1)NC1CCN(Cc2ccccc2)CC1. The normalized spacial score (nSPS) is 17.2. The summed E-state index contributed by atoms with van der Waals surface area (Å²) in [6.45, 7) is 3.82. The lowest BCUT2D eigenvalue weighted by molar-refractivity contribution is 0.198. The summed E-state index contributed by atoms with van der Waals surface area (Å²) in [5.41, 5.74) is 1.37. The van der Waals surface area contributed by atoms with Crippen LogP contribution in [0.4, 0.5) is 0 Å². The van der Waals surface area contributed by atoms with Gasteiger partial charge in [0.2, 0.25) is 0 Å². The Morgan fingerprint density at radius 1 is 1.07 bits per heavy atom. The monoisotopic (exact) mass is 398 g/mol. The summed E-state index contributed by atoms with van der Waals surface area (Å²) in [4.78, 5) is 7.70. The maximum absolute atomic E-state index is 12.3. The number of rotatable bonds is 7. The molecule has 0 bridgehead atoms. The molecule has 0 saturated carbocycles. The average Bonchev–Trinajstić information content (AvgIpc) is 2.75. The summed E-state index contributed by atoms with van der Waals surface area (Å²) >= 11 is 0. The first-order valence-corrected chi connectivity index (χ1v) is 11.2. The van der Waals surface area contributed by atoms with Gasteiger partial charge in [0.05, 0.1) is 10.8 Å². The van der Waals surface area contributed by atoms with Crippen LogP contribution in [0.25, 0.3) is 0 Å². The molecule has 1 aliphatic rings. The van der Waals surface area contributed by atoms with E-state index < -0.39 is 10.8 Å². The summed E-state index contributed by atoms with van der Waals surface area (Å²) in [5, 5.41) is 6.82. The largest absolute Gasteiger partial charge is 0.355 e. The molecule has 0 spiro atoms. The molecule has 0 radical (unpaired) electrons. The van der Waals surface area contributed by atoms with Crippen molar-refractivity contribution < 1.29 is 4.21 Å². The van der Waals surface area contributed by atoms with Crippen molar-refractivity contribution in [2.75, 3.05) is 32.4 Å². The Balaban J connectivity index is 1.37. The van der Waals surface area contributed by atoms with Gasteiger partial charge >= 0.3 is 0 Å². The summed E-state index contributed by atoms with van der Waals surface area (Å²) in [6, 6.07) is 20.7. The maximum Gasteiger partial charge on any atom is 0.191 e. The van der Waals surface area contributed by atoms with Gasteiger partial charge in [-0.2, -0.15) is 0 Å². The van der Waals surface area contributed by atoms with Crippen LogP contribution in [0.15, 0.2) is 70.6 Å². The van der Waals surface area contributed by atoms with Gasteiger partial charge in [-0.3, -0.25) is 14.1 Å². The molecular formula is C22H30N4OS. The fraction of sp³-hybridized carbons (Fsp3) is 0.409. The first-order chi connectivity index (χ1) is 13.7. The quantitative estimate of drug-likeness (QED) is 0.556. The van der Waals surface area contributed by atoms with Gasteiger partial charge in [0, 0.05) is 49.9 Å². The van der Waals surface area contributed by atoms with Crippen molar-refractivity contribution in [2.45, 2.75) is 30.3 Å². The second-order valence-corrected chi connectivity index (χ2v) is 8.61. The molecule has 2 aromatic carbocycles. The van der Waals surface area contributed by atoms with Gasteiger partial charge in [0.25, 0.3) is 0 Å². The molecule has 0 aliphatic carbocycles. The van der Waals surface area contributed by atoms with E-state index in [2.05, 4.69) is 50.9 Å². The predicted octanol–water partition coefficient (Wildman–Crippen LogP) is 2.62. The van der Waals surface area contributed by atoms with Crippen LogP contribution in [0.2, 0.25) is 0 Å². The Labute approximate surface area is 170 Å². The zero-order valence-corrected chi connectivity index (χ0v) is 17.3. The number of hydrogen-bond acceptors (Lipinski definition) is 3. The van der Waals surface area contributed by atoms with E-state index in [4.69, 9.17) is 0 Å². The Kier molecular flexibility index (Phi) is 8.06. The third-order valence-electron chi connectivity index (χ3n) is 4.99. The molecule has 28 heavy (non-hydrogen) atoms. The second-order valence-electron chi connectivity index (χ2n) is 7.04. The van der Waals surface area contributed by atoms with Gasteiger partial charge in [-0.1, -0.05) is 48.5 Å². The number of aliphatic imine (C=N–C) groups is 1. The minimum absolute atomic E-state index is 0.429. The maximum atomic E-state index is 12.3. The fourth-order valence-electron chi connectivity index (χ4n) is 3.42. The first-order valence-electron chi connectivity index (χ1n) is 9.91. The van der Waals surface area contributed by atoms with Crippen LogP contribution in [0.3, 0.4) is 0 Å². The van der Waals surface area contributed by atoms with E-state index in [-0.39, 0.29) is 0 Å². The Morgan fingerprint density at radius 2 is 1.71 bits per heavy atom. The molecule has 1 heterocycles. The number of likely N-dealkylation sites (tertiary alicyclic amines) is 1. The standard InChI is InChI=1S/C22H30N4OS/c1-23-22(24-14-17-28(27)21-10-6-3-7-11-21)25-20-12-15-26(16-13-20)18-19-8-4-2-5-9-19/h2-11,20H,12-18H2,1H3,(H2,23,24,25). The van der Waals surface area contributed by atoms with E-state index in [1.807, 2.05) is 30.3 Å². The molecule has 150 valence electrons. The Bertz CT molecular complexity index is 759. The highest BCUT2D eigenvalue weighted by Gasteiger charge is 2.20. The molecule has 1 saturated heterocycles. The summed E-state index contributed by atoms with van der Waals surface area (Å²) in [5.74, 6) is 1.37. The van der Waals surface area contributed by atoms with Gasteiger partial charge < -0.3 is 10.6 Å². The van der Waals surface area contributed by atoms with Crippen LogP contribution >= 0.6 is 0 Å². The minimum Gasteiger partial charge on any atom is -0.355 e. The van der Waals surface area contributed by atoms with Crippen molar-refractivity contribution in [3.8, 4) is 0 Å². The van der Waals surface area contributed by atoms with Crippen LogP contribution in [-0.4, -0.2) is 53.5 Å². The van der Waals surface area contributed by atoms with Crippen LogP contribution in [-0.2, 0) is 17.3 Å². The number of nitrogens with zero attached hydrogens (tertiary/aromatic N) is 2. The lowest BCUT2D eigenvalue weighted by Gasteiger charge is -2.33.